The van der Waals surface area contributed by atoms with Crippen LogP contribution < -0.4 is 4.72 Å². The van der Waals surface area contributed by atoms with Gasteiger partial charge in [0, 0.05) is 11.0 Å². The van der Waals surface area contributed by atoms with Crippen LogP contribution in [-0.4, -0.2) is 8.42 Å². The third kappa shape index (κ3) is 5.44. The van der Waals surface area contributed by atoms with Gasteiger partial charge in [0.05, 0.1) is 5.75 Å². The number of halogens is 1. The fourth-order valence-corrected chi connectivity index (χ4v) is 3.82. The minimum Gasteiger partial charge on any atom is -0.212 e. The van der Waals surface area contributed by atoms with Gasteiger partial charge in [-0.3, -0.25) is 0 Å². The molecule has 0 fully saturated rings. The van der Waals surface area contributed by atoms with Crippen LogP contribution in [0.5, 0.6) is 0 Å². The van der Waals surface area contributed by atoms with E-state index in [-0.39, 0.29) is 5.75 Å². The highest BCUT2D eigenvalue weighted by Gasteiger charge is 2.12. The minimum atomic E-state index is -3.36. The topological polar surface area (TPSA) is 46.2 Å². The van der Waals surface area contributed by atoms with Crippen molar-refractivity contribution >= 4 is 26.0 Å². The fraction of sp³-hybridized carbons (Fsp3) is 0.333. The molecule has 0 bridgehead atoms. The second kappa shape index (κ2) is 8.08. The summed E-state index contributed by atoms with van der Waals surface area (Å²) in [4.78, 5) is 0. The van der Waals surface area contributed by atoms with Crippen molar-refractivity contribution in [3.05, 3.63) is 69.2 Å². The molecule has 1 N–H and O–H groups in total. The first kappa shape index (κ1) is 18.2. The lowest BCUT2D eigenvalue weighted by atomic mass is 10.0. The highest BCUT2D eigenvalue weighted by molar-refractivity contribution is 9.10. The van der Waals surface area contributed by atoms with E-state index < -0.39 is 10.0 Å². The average molecular weight is 396 g/mol. The first-order chi connectivity index (χ1) is 10.9. The van der Waals surface area contributed by atoms with Crippen molar-refractivity contribution in [3.63, 3.8) is 0 Å². The zero-order valence-corrected chi connectivity index (χ0v) is 15.9. The smallest absolute Gasteiger partial charge is 0.212 e. The quantitative estimate of drug-likeness (QED) is 0.763. The zero-order valence-electron chi connectivity index (χ0n) is 13.5. The molecule has 0 aliphatic heterocycles. The molecule has 5 heteroatoms. The molecular weight excluding hydrogens is 374 g/mol. The first-order valence-electron chi connectivity index (χ1n) is 7.76. The van der Waals surface area contributed by atoms with E-state index in [0.717, 1.165) is 28.4 Å². The van der Waals surface area contributed by atoms with Crippen molar-refractivity contribution in [3.8, 4) is 0 Å². The van der Waals surface area contributed by atoms with Crippen molar-refractivity contribution in [2.24, 2.45) is 0 Å². The second-order valence-electron chi connectivity index (χ2n) is 5.52. The molecule has 0 radical (unpaired) electrons. The van der Waals surface area contributed by atoms with Gasteiger partial charge in [-0.25, -0.2) is 13.1 Å². The van der Waals surface area contributed by atoms with Crippen LogP contribution in [0.2, 0.25) is 0 Å². The first-order valence-corrected chi connectivity index (χ1v) is 10.2. The number of nitrogens with one attached hydrogen (secondary N) is 1. The lowest BCUT2D eigenvalue weighted by Crippen LogP contribution is -2.25. The van der Waals surface area contributed by atoms with Crippen molar-refractivity contribution in [2.45, 2.75) is 39.0 Å². The molecule has 2 aromatic rings. The van der Waals surface area contributed by atoms with Gasteiger partial charge in [-0.1, -0.05) is 60.1 Å². The van der Waals surface area contributed by atoms with E-state index in [9.17, 15) is 8.42 Å². The van der Waals surface area contributed by atoms with Crippen LogP contribution in [0.1, 0.15) is 36.1 Å². The van der Waals surface area contributed by atoms with E-state index in [1.807, 2.05) is 24.3 Å². The molecule has 2 rings (SSSR count). The molecule has 0 aliphatic carbocycles. The van der Waals surface area contributed by atoms with Gasteiger partial charge in [-0.2, -0.15) is 0 Å². The van der Waals surface area contributed by atoms with E-state index in [0.29, 0.717) is 6.54 Å². The second-order valence-corrected chi connectivity index (χ2v) is 8.24. The molecule has 0 heterocycles. The lowest BCUT2D eigenvalue weighted by Gasteiger charge is -2.12. The zero-order chi connectivity index (χ0) is 16.9. The maximum absolute atomic E-state index is 12.3. The Kier molecular flexibility index (Phi) is 6.39. The molecule has 124 valence electrons. The summed E-state index contributed by atoms with van der Waals surface area (Å²) in [6, 6.07) is 13.6. The van der Waals surface area contributed by atoms with Crippen LogP contribution in [0.15, 0.2) is 46.9 Å². The summed E-state index contributed by atoms with van der Waals surface area (Å²) in [7, 11) is -3.36. The molecule has 0 saturated carbocycles. The van der Waals surface area contributed by atoms with Crippen molar-refractivity contribution in [1.82, 2.24) is 4.72 Å². The highest BCUT2D eigenvalue weighted by Crippen LogP contribution is 2.15. The standard InChI is InChI=1S/C18H22BrNO2S/c1-3-14-5-8-16(4-2)17(11-14)12-20-23(21,22)13-15-6-9-18(19)10-7-15/h5-11,20H,3-4,12-13H2,1-2H3. The molecule has 23 heavy (non-hydrogen) atoms. The summed E-state index contributed by atoms with van der Waals surface area (Å²) in [6.07, 6.45) is 1.84. The summed E-state index contributed by atoms with van der Waals surface area (Å²) >= 11 is 3.35. The summed E-state index contributed by atoms with van der Waals surface area (Å²) < 4.78 is 28.2. The molecular formula is C18H22BrNO2S. The van der Waals surface area contributed by atoms with Gasteiger partial charge in [0.25, 0.3) is 0 Å². The number of benzene rings is 2. The Hall–Kier alpha value is -1.17. The number of hydrogen-bond acceptors (Lipinski definition) is 2. The number of rotatable bonds is 7. The van der Waals surface area contributed by atoms with Gasteiger partial charge < -0.3 is 0 Å². The van der Waals surface area contributed by atoms with Gasteiger partial charge in [0.1, 0.15) is 0 Å². The van der Waals surface area contributed by atoms with Gasteiger partial charge in [0.15, 0.2) is 0 Å². The van der Waals surface area contributed by atoms with Gasteiger partial charge in [-0.15, -0.1) is 0 Å². The summed E-state index contributed by atoms with van der Waals surface area (Å²) in [5.74, 6) is -0.00476. The van der Waals surface area contributed by atoms with Crippen LogP contribution in [0.3, 0.4) is 0 Å². The Morgan fingerprint density at radius 3 is 2.17 bits per heavy atom. The van der Waals surface area contributed by atoms with E-state index in [4.69, 9.17) is 0 Å². The molecule has 0 saturated heterocycles. The minimum absolute atomic E-state index is 0.00476. The highest BCUT2D eigenvalue weighted by atomic mass is 79.9. The molecule has 0 unspecified atom stereocenters. The molecule has 3 nitrogen and oxygen atoms in total. The Morgan fingerprint density at radius 2 is 1.57 bits per heavy atom. The largest absolute Gasteiger partial charge is 0.216 e. The van der Waals surface area contributed by atoms with E-state index in [1.165, 1.54) is 11.1 Å². The van der Waals surface area contributed by atoms with E-state index in [1.54, 1.807) is 0 Å². The maximum Gasteiger partial charge on any atom is 0.216 e. The van der Waals surface area contributed by atoms with Crippen molar-refractivity contribution in [1.29, 1.82) is 0 Å². The van der Waals surface area contributed by atoms with Gasteiger partial charge in [0.2, 0.25) is 10.0 Å². The van der Waals surface area contributed by atoms with Gasteiger partial charge >= 0.3 is 0 Å². The molecule has 2 aromatic carbocycles. The van der Waals surface area contributed by atoms with Crippen molar-refractivity contribution < 1.29 is 8.42 Å². The summed E-state index contributed by atoms with van der Waals surface area (Å²) in [5.41, 5.74) is 4.25. The van der Waals surface area contributed by atoms with Crippen LogP contribution in [0, 0.1) is 0 Å². The fourth-order valence-electron chi connectivity index (χ4n) is 2.45. The van der Waals surface area contributed by atoms with E-state index in [2.05, 4.69) is 52.7 Å². The summed E-state index contributed by atoms with van der Waals surface area (Å²) in [5, 5.41) is 0. The Labute approximate surface area is 147 Å². The third-order valence-electron chi connectivity index (χ3n) is 3.81. The Morgan fingerprint density at radius 1 is 0.913 bits per heavy atom. The predicted molar refractivity (Wildman–Crippen MR) is 98.8 cm³/mol. The van der Waals surface area contributed by atoms with Crippen LogP contribution in [0.4, 0.5) is 0 Å². The monoisotopic (exact) mass is 395 g/mol. The molecule has 0 aliphatic rings. The van der Waals surface area contributed by atoms with Gasteiger partial charge in [-0.05, 0) is 47.2 Å². The molecule has 0 aromatic heterocycles. The van der Waals surface area contributed by atoms with Crippen LogP contribution in [-0.2, 0) is 35.2 Å². The van der Waals surface area contributed by atoms with Crippen LogP contribution >= 0.6 is 15.9 Å². The Bertz CT molecular complexity index is 755. The summed E-state index contributed by atoms with van der Waals surface area (Å²) in [6.45, 7) is 4.53. The maximum atomic E-state index is 12.3. The molecule has 0 atom stereocenters. The predicted octanol–water partition coefficient (Wildman–Crippen LogP) is 4.19. The number of sulfonamides is 1. The average Bonchev–Trinajstić information content (AvgIpc) is 2.54. The third-order valence-corrected chi connectivity index (χ3v) is 5.64. The van der Waals surface area contributed by atoms with Crippen molar-refractivity contribution in [2.75, 3.05) is 0 Å². The Balaban J connectivity index is 2.08. The van der Waals surface area contributed by atoms with E-state index >= 15 is 0 Å². The lowest BCUT2D eigenvalue weighted by molar-refractivity contribution is 0.580. The SMILES string of the molecule is CCc1ccc(CC)c(CNS(=O)(=O)Cc2ccc(Br)cc2)c1. The molecule has 0 spiro atoms. The molecule has 0 amide bonds. The number of aryl methyl sites for hydroxylation is 2. The van der Waals surface area contributed by atoms with Crippen LogP contribution in [0.25, 0.3) is 0 Å². The normalized spacial score (nSPS) is 11.6. The number of hydrogen-bond donors (Lipinski definition) is 1.